The van der Waals surface area contributed by atoms with E-state index in [2.05, 4.69) is 20.4 Å². The third kappa shape index (κ3) is 6.85. The zero-order chi connectivity index (χ0) is 20.6. The highest BCUT2D eigenvalue weighted by molar-refractivity contribution is 6.33. The number of carbonyl (C=O) groups excluding carboxylic acids is 2. The van der Waals surface area contributed by atoms with E-state index in [1.807, 2.05) is 43.3 Å². The SMILES string of the molecule is Cc1ccc(CNC(=O)CN2CCN(CC(=O)Nc3ccccc3Cl)CC2)cc1. The second kappa shape index (κ2) is 10.4. The summed E-state index contributed by atoms with van der Waals surface area (Å²) in [4.78, 5) is 28.7. The monoisotopic (exact) mass is 414 g/mol. The molecule has 1 aliphatic heterocycles. The number of piperazine rings is 1. The minimum atomic E-state index is -0.0811. The van der Waals surface area contributed by atoms with Crippen molar-refractivity contribution in [3.05, 3.63) is 64.7 Å². The molecule has 1 saturated heterocycles. The molecule has 2 aromatic carbocycles. The predicted molar refractivity (Wildman–Crippen MR) is 116 cm³/mol. The number of rotatable bonds is 7. The summed E-state index contributed by atoms with van der Waals surface area (Å²) >= 11 is 6.08. The molecule has 2 N–H and O–H groups in total. The fourth-order valence-corrected chi connectivity index (χ4v) is 3.41. The molecule has 7 heteroatoms. The fraction of sp³-hybridized carbons (Fsp3) is 0.364. The molecule has 1 fully saturated rings. The number of anilines is 1. The molecule has 2 amide bonds. The van der Waals surface area contributed by atoms with Crippen LogP contribution in [-0.4, -0.2) is 60.9 Å². The van der Waals surface area contributed by atoms with Gasteiger partial charge in [0.15, 0.2) is 0 Å². The van der Waals surface area contributed by atoms with Gasteiger partial charge < -0.3 is 10.6 Å². The molecule has 1 heterocycles. The summed E-state index contributed by atoms with van der Waals surface area (Å²) in [5.41, 5.74) is 2.93. The van der Waals surface area contributed by atoms with Crippen LogP contribution in [0.4, 0.5) is 5.69 Å². The summed E-state index contributed by atoms with van der Waals surface area (Å²) in [6.45, 7) is 6.31. The number of para-hydroxylation sites is 1. The Morgan fingerprint density at radius 2 is 1.48 bits per heavy atom. The van der Waals surface area contributed by atoms with Crippen molar-refractivity contribution < 1.29 is 9.59 Å². The van der Waals surface area contributed by atoms with Crippen molar-refractivity contribution in [3.8, 4) is 0 Å². The molecule has 0 saturated carbocycles. The van der Waals surface area contributed by atoms with E-state index in [-0.39, 0.29) is 11.8 Å². The van der Waals surface area contributed by atoms with E-state index in [0.29, 0.717) is 30.3 Å². The number of hydrogen-bond donors (Lipinski definition) is 2. The lowest BCUT2D eigenvalue weighted by atomic mass is 10.1. The van der Waals surface area contributed by atoms with E-state index in [1.165, 1.54) is 5.56 Å². The minimum absolute atomic E-state index is 0.0236. The van der Waals surface area contributed by atoms with Gasteiger partial charge in [-0.15, -0.1) is 0 Å². The van der Waals surface area contributed by atoms with E-state index in [9.17, 15) is 9.59 Å². The molecule has 0 radical (unpaired) electrons. The van der Waals surface area contributed by atoms with Crippen LogP contribution in [0.1, 0.15) is 11.1 Å². The summed E-state index contributed by atoms with van der Waals surface area (Å²) in [6.07, 6.45) is 0. The van der Waals surface area contributed by atoms with Gasteiger partial charge >= 0.3 is 0 Å². The number of hydrogen-bond acceptors (Lipinski definition) is 4. The number of nitrogens with zero attached hydrogens (tertiary/aromatic N) is 2. The van der Waals surface area contributed by atoms with Gasteiger partial charge in [-0.05, 0) is 24.6 Å². The average Bonchev–Trinajstić information content (AvgIpc) is 2.71. The zero-order valence-electron chi connectivity index (χ0n) is 16.7. The first-order valence-corrected chi connectivity index (χ1v) is 10.2. The highest BCUT2D eigenvalue weighted by atomic mass is 35.5. The minimum Gasteiger partial charge on any atom is -0.351 e. The van der Waals surface area contributed by atoms with E-state index in [4.69, 9.17) is 11.6 Å². The van der Waals surface area contributed by atoms with Crippen LogP contribution in [0.3, 0.4) is 0 Å². The smallest absolute Gasteiger partial charge is 0.238 e. The molecule has 0 aromatic heterocycles. The van der Waals surface area contributed by atoms with Gasteiger partial charge in [0.2, 0.25) is 11.8 Å². The summed E-state index contributed by atoms with van der Waals surface area (Å²) < 4.78 is 0. The highest BCUT2D eigenvalue weighted by Gasteiger charge is 2.20. The Balaban J connectivity index is 1.35. The van der Waals surface area contributed by atoms with Crippen molar-refractivity contribution in [2.75, 3.05) is 44.6 Å². The van der Waals surface area contributed by atoms with Gasteiger partial charge in [0.05, 0.1) is 23.8 Å². The summed E-state index contributed by atoms with van der Waals surface area (Å²) in [7, 11) is 0. The van der Waals surface area contributed by atoms with Gasteiger partial charge in [-0.2, -0.15) is 0 Å². The normalized spacial score (nSPS) is 15.1. The van der Waals surface area contributed by atoms with Crippen LogP contribution in [-0.2, 0) is 16.1 Å². The Morgan fingerprint density at radius 3 is 2.10 bits per heavy atom. The van der Waals surface area contributed by atoms with Crippen molar-refractivity contribution in [1.29, 1.82) is 0 Å². The summed E-state index contributed by atoms with van der Waals surface area (Å²) in [5.74, 6) is -0.0575. The molecule has 29 heavy (non-hydrogen) atoms. The summed E-state index contributed by atoms with van der Waals surface area (Å²) in [6, 6.07) is 15.3. The Hall–Kier alpha value is -2.41. The van der Waals surface area contributed by atoms with Gasteiger partial charge in [0, 0.05) is 32.7 Å². The molecule has 0 unspecified atom stereocenters. The lowest BCUT2D eigenvalue weighted by Crippen LogP contribution is -2.50. The highest BCUT2D eigenvalue weighted by Crippen LogP contribution is 2.20. The maximum absolute atomic E-state index is 12.2. The summed E-state index contributed by atoms with van der Waals surface area (Å²) in [5, 5.41) is 6.35. The number of nitrogens with one attached hydrogen (secondary N) is 2. The molecular weight excluding hydrogens is 388 g/mol. The molecule has 2 aromatic rings. The van der Waals surface area contributed by atoms with E-state index in [1.54, 1.807) is 12.1 Å². The zero-order valence-corrected chi connectivity index (χ0v) is 17.4. The van der Waals surface area contributed by atoms with Crippen molar-refractivity contribution in [1.82, 2.24) is 15.1 Å². The van der Waals surface area contributed by atoms with Gasteiger partial charge in [0.1, 0.15) is 0 Å². The third-order valence-electron chi connectivity index (χ3n) is 4.96. The number of amides is 2. The molecular formula is C22H27ClN4O2. The van der Waals surface area contributed by atoms with Crippen molar-refractivity contribution in [3.63, 3.8) is 0 Å². The number of aryl methyl sites for hydroxylation is 1. The van der Waals surface area contributed by atoms with Crippen LogP contribution in [0.25, 0.3) is 0 Å². The third-order valence-corrected chi connectivity index (χ3v) is 5.29. The van der Waals surface area contributed by atoms with Crippen molar-refractivity contribution in [2.24, 2.45) is 0 Å². The lowest BCUT2D eigenvalue weighted by Gasteiger charge is -2.33. The Morgan fingerprint density at radius 1 is 0.897 bits per heavy atom. The first-order chi connectivity index (χ1) is 14.0. The average molecular weight is 415 g/mol. The molecule has 0 aliphatic carbocycles. The second-order valence-corrected chi connectivity index (χ2v) is 7.75. The van der Waals surface area contributed by atoms with Crippen LogP contribution < -0.4 is 10.6 Å². The van der Waals surface area contributed by atoms with Crippen LogP contribution >= 0.6 is 11.6 Å². The standard InChI is InChI=1S/C22H27ClN4O2/c1-17-6-8-18(9-7-17)14-24-21(28)15-26-10-12-27(13-11-26)16-22(29)25-20-5-3-2-4-19(20)23/h2-9H,10-16H2,1H3,(H,24,28)(H,25,29). The molecule has 1 aliphatic rings. The predicted octanol–water partition coefficient (Wildman–Crippen LogP) is 2.52. The molecule has 154 valence electrons. The molecule has 3 rings (SSSR count). The molecule has 0 spiro atoms. The van der Waals surface area contributed by atoms with Crippen LogP contribution in [0.15, 0.2) is 48.5 Å². The topological polar surface area (TPSA) is 64.7 Å². The van der Waals surface area contributed by atoms with E-state index >= 15 is 0 Å². The lowest BCUT2D eigenvalue weighted by molar-refractivity contribution is -0.123. The van der Waals surface area contributed by atoms with E-state index < -0.39 is 0 Å². The molecule has 0 atom stereocenters. The first-order valence-electron chi connectivity index (χ1n) is 9.81. The maximum Gasteiger partial charge on any atom is 0.238 e. The van der Waals surface area contributed by atoms with Crippen LogP contribution in [0, 0.1) is 6.92 Å². The van der Waals surface area contributed by atoms with Gasteiger partial charge in [0.25, 0.3) is 0 Å². The number of halogens is 1. The number of carbonyl (C=O) groups is 2. The van der Waals surface area contributed by atoms with Gasteiger partial charge in [-0.25, -0.2) is 0 Å². The van der Waals surface area contributed by atoms with Crippen molar-refractivity contribution >= 4 is 29.1 Å². The van der Waals surface area contributed by atoms with Crippen molar-refractivity contribution in [2.45, 2.75) is 13.5 Å². The Labute approximate surface area is 176 Å². The Bertz CT molecular complexity index is 833. The maximum atomic E-state index is 12.2. The van der Waals surface area contributed by atoms with Crippen LogP contribution in [0.2, 0.25) is 5.02 Å². The molecule has 6 nitrogen and oxygen atoms in total. The molecule has 0 bridgehead atoms. The van der Waals surface area contributed by atoms with E-state index in [0.717, 1.165) is 31.7 Å². The Kier molecular flexibility index (Phi) is 7.63. The fourth-order valence-electron chi connectivity index (χ4n) is 3.23. The first kappa shape index (κ1) is 21.3. The van der Waals surface area contributed by atoms with Gasteiger partial charge in [-0.3, -0.25) is 19.4 Å². The van der Waals surface area contributed by atoms with Crippen LogP contribution in [0.5, 0.6) is 0 Å². The van der Waals surface area contributed by atoms with Gasteiger partial charge in [-0.1, -0.05) is 53.6 Å². The second-order valence-electron chi connectivity index (χ2n) is 7.34. The quantitative estimate of drug-likeness (QED) is 0.730. The number of benzene rings is 2. The largest absolute Gasteiger partial charge is 0.351 e.